The minimum absolute atomic E-state index is 0.657. The maximum absolute atomic E-state index is 5.89. The van der Waals surface area contributed by atoms with E-state index in [1.54, 1.807) is 7.11 Å². The highest BCUT2D eigenvalue weighted by atomic mass is 32.2. The summed E-state index contributed by atoms with van der Waals surface area (Å²) < 4.78 is 13.4. The molecule has 0 fully saturated rings. The Morgan fingerprint density at radius 2 is 1.59 bits per heavy atom. The first-order chi connectivity index (χ1) is 14.3. The number of imidazole rings is 1. The Morgan fingerprint density at radius 3 is 2.38 bits per heavy atom. The molecular weight excluding hydrogens is 380 g/mol. The van der Waals surface area contributed by atoms with Crippen molar-refractivity contribution in [3.05, 3.63) is 84.7 Å². The van der Waals surface area contributed by atoms with Gasteiger partial charge in [0.15, 0.2) is 0 Å². The number of para-hydroxylation sites is 2. The molecule has 0 N–H and O–H groups in total. The summed E-state index contributed by atoms with van der Waals surface area (Å²) in [5.74, 6) is 3.64. The Balaban J connectivity index is 1.41. The average Bonchev–Trinajstić information content (AvgIpc) is 3.14. The van der Waals surface area contributed by atoms with E-state index >= 15 is 0 Å². The van der Waals surface area contributed by atoms with E-state index in [9.17, 15) is 0 Å². The van der Waals surface area contributed by atoms with Crippen molar-refractivity contribution in [1.82, 2.24) is 9.55 Å². The maximum Gasteiger partial charge on any atom is 0.120 e. The molecule has 0 amide bonds. The predicted octanol–water partition coefficient (Wildman–Crippen LogP) is 5.81. The van der Waals surface area contributed by atoms with Gasteiger partial charge in [0.1, 0.15) is 17.3 Å². The number of thioether (sulfide) groups is 1. The Bertz CT molecular complexity index is 1050. The van der Waals surface area contributed by atoms with Gasteiger partial charge >= 0.3 is 0 Å². The number of fused-ring (bicyclic) bond motifs is 1. The Labute approximate surface area is 175 Å². The van der Waals surface area contributed by atoms with Gasteiger partial charge in [-0.25, -0.2) is 4.98 Å². The highest BCUT2D eigenvalue weighted by Gasteiger charge is 2.11. The SMILES string of the molecule is COc1ccc(OCCCn2c(CSc3ccccc3)nc3ccccc32)cc1. The standard InChI is InChI=1S/C24H24N2O2S/c1-27-19-12-14-20(15-13-19)28-17-7-16-26-23-11-6-5-10-22(23)25-24(26)18-29-21-8-3-2-4-9-21/h2-6,8-15H,7,16-18H2,1H3. The minimum Gasteiger partial charge on any atom is -0.497 e. The lowest BCUT2D eigenvalue weighted by Gasteiger charge is -2.11. The van der Waals surface area contributed by atoms with Crippen LogP contribution >= 0.6 is 11.8 Å². The van der Waals surface area contributed by atoms with Crippen LogP contribution in [0.15, 0.2) is 83.8 Å². The molecule has 4 nitrogen and oxygen atoms in total. The van der Waals surface area contributed by atoms with Crippen molar-refractivity contribution in [3.63, 3.8) is 0 Å². The van der Waals surface area contributed by atoms with Gasteiger partial charge < -0.3 is 14.0 Å². The quantitative estimate of drug-likeness (QED) is 0.261. The second-order valence-electron chi connectivity index (χ2n) is 6.65. The second kappa shape index (κ2) is 9.52. The number of hydrogen-bond donors (Lipinski definition) is 0. The summed E-state index contributed by atoms with van der Waals surface area (Å²) in [6, 6.07) is 26.5. The number of benzene rings is 3. The number of methoxy groups -OCH3 is 1. The molecule has 0 saturated heterocycles. The Kier molecular flexibility index (Phi) is 6.37. The lowest BCUT2D eigenvalue weighted by atomic mass is 10.3. The number of nitrogens with zero attached hydrogens (tertiary/aromatic N) is 2. The number of rotatable bonds is 9. The van der Waals surface area contributed by atoms with E-state index in [1.807, 2.05) is 48.2 Å². The first kappa shape index (κ1) is 19.4. The second-order valence-corrected chi connectivity index (χ2v) is 7.70. The molecule has 0 aliphatic carbocycles. The molecule has 1 heterocycles. The van der Waals surface area contributed by atoms with Crippen LogP contribution in [0.2, 0.25) is 0 Å². The van der Waals surface area contributed by atoms with Crippen molar-refractivity contribution < 1.29 is 9.47 Å². The van der Waals surface area contributed by atoms with Crippen molar-refractivity contribution >= 4 is 22.8 Å². The summed E-state index contributed by atoms with van der Waals surface area (Å²) >= 11 is 1.82. The Morgan fingerprint density at radius 1 is 0.862 bits per heavy atom. The molecular formula is C24H24N2O2S. The van der Waals surface area contributed by atoms with Crippen molar-refractivity contribution in [2.24, 2.45) is 0 Å². The zero-order chi connectivity index (χ0) is 19.9. The van der Waals surface area contributed by atoms with E-state index in [0.717, 1.165) is 41.6 Å². The predicted molar refractivity (Wildman–Crippen MR) is 119 cm³/mol. The van der Waals surface area contributed by atoms with Crippen LogP contribution in [0.25, 0.3) is 11.0 Å². The summed E-state index contributed by atoms with van der Waals surface area (Å²) in [7, 11) is 1.67. The highest BCUT2D eigenvalue weighted by Crippen LogP contribution is 2.25. The topological polar surface area (TPSA) is 36.3 Å². The molecule has 4 aromatic rings. The van der Waals surface area contributed by atoms with Crippen LogP contribution in [0.3, 0.4) is 0 Å². The summed E-state index contributed by atoms with van der Waals surface area (Å²) in [6.45, 7) is 1.53. The molecule has 0 radical (unpaired) electrons. The molecule has 0 aliphatic rings. The summed E-state index contributed by atoms with van der Waals surface area (Å²) in [5, 5.41) is 0. The smallest absolute Gasteiger partial charge is 0.120 e. The molecule has 0 atom stereocenters. The van der Waals surface area contributed by atoms with Gasteiger partial charge in [-0.05, 0) is 55.0 Å². The molecule has 29 heavy (non-hydrogen) atoms. The van der Waals surface area contributed by atoms with Crippen molar-refractivity contribution in [2.75, 3.05) is 13.7 Å². The molecule has 4 rings (SSSR count). The van der Waals surface area contributed by atoms with Gasteiger partial charge in [-0.3, -0.25) is 0 Å². The Hall–Kier alpha value is -2.92. The van der Waals surface area contributed by atoms with Gasteiger partial charge in [0.2, 0.25) is 0 Å². The van der Waals surface area contributed by atoms with Gasteiger partial charge in [0, 0.05) is 11.4 Å². The largest absolute Gasteiger partial charge is 0.497 e. The molecule has 0 aliphatic heterocycles. The van der Waals surface area contributed by atoms with E-state index in [0.29, 0.717) is 6.61 Å². The third-order valence-electron chi connectivity index (χ3n) is 4.70. The number of ether oxygens (including phenoxy) is 2. The number of hydrogen-bond acceptors (Lipinski definition) is 4. The third-order valence-corrected chi connectivity index (χ3v) is 5.71. The zero-order valence-electron chi connectivity index (χ0n) is 16.5. The van der Waals surface area contributed by atoms with Gasteiger partial charge in [-0.15, -0.1) is 11.8 Å². The van der Waals surface area contributed by atoms with Crippen LogP contribution in [0.4, 0.5) is 0 Å². The molecule has 0 bridgehead atoms. The fourth-order valence-electron chi connectivity index (χ4n) is 3.23. The molecule has 0 spiro atoms. The van der Waals surface area contributed by atoms with E-state index in [2.05, 4.69) is 47.0 Å². The van der Waals surface area contributed by atoms with E-state index in [1.165, 1.54) is 10.4 Å². The minimum atomic E-state index is 0.657. The lowest BCUT2D eigenvalue weighted by Crippen LogP contribution is -2.07. The van der Waals surface area contributed by atoms with Crippen LogP contribution < -0.4 is 9.47 Å². The van der Waals surface area contributed by atoms with Crippen molar-refractivity contribution in [1.29, 1.82) is 0 Å². The van der Waals surface area contributed by atoms with E-state index in [-0.39, 0.29) is 0 Å². The fraction of sp³-hybridized carbons (Fsp3) is 0.208. The van der Waals surface area contributed by atoms with Crippen LogP contribution in [0.5, 0.6) is 11.5 Å². The highest BCUT2D eigenvalue weighted by molar-refractivity contribution is 7.98. The number of aromatic nitrogens is 2. The lowest BCUT2D eigenvalue weighted by molar-refractivity contribution is 0.301. The van der Waals surface area contributed by atoms with Crippen LogP contribution in [-0.2, 0) is 12.3 Å². The zero-order valence-corrected chi connectivity index (χ0v) is 17.3. The van der Waals surface area contributed by atoms with E-state index < -0.39 is 0 Å². The molecule has 0 unspecified atom stereocenters. The maximum atomic E-state index is 5.89. The summed E-state index contributed by atoms with van der Waals surface area (Å²) in [5.41, 5.74) is 2.23. The van der Waals surface area contributed by atoms with Crippen molar-refractivity contribution in [3.8, 4) is 11.5 Å². The summed E-state index contributed by atoms with van der Waals surface area (Å²) in [6.07, 6.45) is 0.912. The van der Waals surface area contributed by atoms with Gasteiger partial charge in [0.25, 0.3) is 0 Å². The molecule has 3 aromatic carbocycles. The third kappa shape index (κ3) is 4.93. The van der Waals surface area contributed by atoms with Gasteiger partial charge in [0.05, 0.1) is 30.5 Å². The monoisotopic (exact) mass is 404 g/mol. The first-order valence-electron chi connectivity index (χ1n) is 9.72. The molecule has 148 valence electrons. The first-order valence-corrected chi connectivity index (χ1v) is 10.7. The van der Waals surface area contributed by atoms with E-state index in [4.69, 9.17) is 14.5 Å². The average molecular weight is 405 g/mol. The van der Waals surface area contributed by atoms with Crippen LogP contribution in [0.1, 0.15) is 12.2 Å². The fourth-order valence-corrected chi connectivity index (χ4v) is 4.10. The van der Waals surface area contributed by atoms with Gasteiger partial charge in [-0.1, -0.05) is 30.3 Å². The molecule has 5 heteroatoms. The number of aryl methyl sites for hydroxylation is 1. The molecule has 0 saturated carbocycles. The van der Waals surface area contributed by atoms with Gasteiger partial charge in [-0.2, -0.15) is 0 Å². The van der Waals surface area contributed by atoms with Crippen molar-refractivity contribution in [2.45, 2.75) is 23.6 Å². The summed E-state index contributed by atoms with van der Waals surface area (Å²) in [4.78, 5) is 6.13. The molecule has 1 aromatic heterocycles. The van der Waals surface area contributed by atoms with Crippen LogP contribution in [-0.4, -0.2) is 23.3 Å². The van der Waals surface area contributed by atoms with Crippen LogP contribution in [0, 0.1) is 0 Å². The normalized spacial score (nSPS) is 10.9.